The number of furan rings is 1. The van der Waals surface area contributed by atoms with Crippen LogP contribution in [0.1, 0.15) is 11.1 Å². The van der Waals surface area contributed by atoms with Crippen molar-refractivity contribution in [2.45, 2.75) is 22.7 Å². The number of benzene rings is 3. The average Bonchev–Trinajstić information content (AvgIpc) is 3.12. The molecular formula is C22H18ClNO3S2. The molecule has 0 atom stereocenters. The molecular weight excluding hydrogens is 426 g/mol. The number of sulfonamides is 1. The second kappa shape index (κ2) is 8.14. The third-order valence-corrected chi connectivity index (χ3v) is 6.93. The summed E-state index contributed by atoms with van der Waals surface area (Å²) >= 11 is 7.67. The van der Waals surface area contributed by atoms with Crippen LogP contribution in [0.2, 0.25) is 5.02 Å². The molecule has 0 fully saturated rings. The highest BCUT2D eigenvalue weighted by Crippen LogP contribution is 2.34. The third-order valence-electron chi connectivity index (χ3n) is 4.33. The lowest BCUT2D eigenvalue weighted by atomic mass is 10.2. The van der Waals surface area contributed by atoms with Gasteiger partial charge in [-0.25, -0.2) is 0 Å². The predicted octanol–water partition coefficient (Wildman–Crippen LogP) is 6.49. The van der Waals surface area contributed by atoms with Crippen molar-refractivity contribution in [2.75, 3.05) is 4.72 Å². The van der Waals surface area contributed by atoms with E-state index in [2.05, 4.69) is 10.8 Å². The van der Waals surface area contributed by atoms with Gasteiger partial charge < -0.3 is 4.42 Å². The summed E-state index contributed by atoms with van der Waals surface area (Å²) in [6, 6.07) is 22.1. The van der Waals surface area contributed by atoms with Gasteiger partial charge in [0.2, 0.25) is 5.09 Å². The van der Waals surface area contributed by atoms with Crippen LogP contribution in [0.4, 0.5) is 5.69 Å². The normalized spacial score (nSPS) is 11.7. The van der Waals surface area contributed by atoms with Gasteiger partial charge in [-0.2, -0.15) is 8.42 Å². The topological polar surface area (TPSA) is 59.3 Å². The Hall–Kier alpha value is -2.41. The van der Waals surface area contributed by atoms with Gasteiger partial charge in [-0.15, -0.1) is 11.8 Å². The molecule has 0 amide bonds. The first-order valence-electron chi connectivity index (χ1n) is 8.90. The van der Waals surface area contributed by atoms with Crippen LogP contribution in [0.15, 0.2) is 87.2 Å². The van der Waals surface area contributed by atoms with Crippen molar-refractivity contribution < 1.29 is 12.8 Å². The molecule has 4 rings (SSSR count). The van der Waals surface area contributed by atoms with E-state index in [-0.39, 0.29) is 5.09 Å². The van der Waals surface area contributed by atoms with Gasteiger partial charge in [0.05, 0.1) is 5.69 Å². The van der Waals surface area contributed by atoms with E-state index in [0.717, 1.165) is 15.8 Å². The van der Waals surface area contributed by atoms with Gasteiger partial charge in [-0.3, -0.25) is 4.72 Å². The van der Waals surface area contributed by atoms with E-state index in [4.69, 9.17) is 16.0 Å². The first-order chi connectivity index (χ1) is 13.9. The van der Waals surface area contributed by atoms with Crippen molar-refractivity contribution in [1.82, 2.24) is 0 Å². The van der Waals surface area contributed by atoms with Gasteiger partial charge in [0.1, 0.15) is 5.58 Å². The van der Waals surface area contributed by atoms with E-state index in [9.17, 15) is 8.42 Å². The Morgan fingerprint density at radius 1 is 1.00 bits per heavy atom. The lowest BCUT2D eigenvalue weighted by Crippen LogP contribution is -2.12. The first-order valence-corrected chi connectivity index (χ1v) is 11.7. The van der Waals surface area contributed by atoms with E-state index < -0.39 is 10.0 Å². The van der Waals surface area contributed by atoms with E-state index in [1.165, 1.54) is 11.6 Å². The van der Waals surface area contributed by atoms with Crippen LogP contribution in [0.25, 0.3) is 11.0 Å². The van der Waals surface area contributed by atoms with Gasteiger partial charge in [-0.1, -0.05) is 59.6 Å². The minimum absolute atomic E-state index is 0.131. The van der Waals surface area contributed by atoms with Crippen LogP contribution >= 0.6 is 23.4 Å². The standard InChI is InChI=1S/C22H18ClNO3S2/c1-15-5-4-6-16(11-15)14-28-21-10-9-18(23)13-19(21)24-29(25,26)22-12-17-7-2-3-8-20(17)27-22/h2-13,24H,14H2,1H3. The second-order valence-corrected chi connectivity index (χ2v) is 9.69. The maximum Gasteiger partial charge on any atom is 0.295 e. The Morgan fingerprint density at radius 2 is 1.83 bits per heavy atom. The molecule has 148 valence electrons. The molecule has 0 aliphatic heterocycles. The predicted molar refractivity (Wildman–Crippen MR) is 119 cm³/mol. The summed E-state index contributed by atoms with van der Waals surface area (Å²) in [4.78, 5) is 0.788. The Labute approximate surface area is 178 Å². The molecule has 29 heavy (non-hydrogen) atoms. The number of rotatable bonds is 6. The third kappa shape index (κ3) is 4.61. The minimum Gasteiger partial charge on any atom is -0.443 e. The summed E-state index contributed by atoms with van der Waals surface area (Å²) in [6.07, 6.45) is 0. The molecule has 1 heterocycles. The molecule has 0 aliphatic carbocycles. The van der Waals surface area contributed by atoms with Crippen molar-refractivity contribution in [1.29, 1.82) is 0 Å². The van der Waals surface area contributed by atoms with Crippen LogP contribution in [-0.4, -0.2) is 8.42 Å². The Bertz CT molecular complexity index is 1250. The summed E-state index contributed by atoms with van der Waals surface area (Å²) in [5.41, 5.74) is 3.30. The van der Waals surface area contributed by atoms with E-state index in [1.54, 1.807) is 42.1 Å². The van der Waals surface area contributed by atoms with E-state index in [0.29, 0.717) is 22.0 Å². The van der Waals surface area contributed by atoms with Gasteiger partial charge in [0.15, 0.2) is 0 Å². The van der Waals surface area contributed by atoms with Crippen molar-refractivity contribution in [3.8, 4) is 0 Å². The molecule has 1 aromatic heterocycles. The van der Waals surface area contributed by atoms with Gasteiger partial charge in [-0.05, 0) is 36.8 Å². The van der Waals surface area contributed by atoms with Crippen LogP contribution in [0.3, 0.4) is 0 Å². The molecule has 0 saturated carbocycles. The lowest BCUT2D eigenvalue weighted by molar-refractivity contribution is 0.484. The van der Waals surface area contributed by atoms with Gasteiger partial charge >= 0.3 is 0 Å². The average molecular weight is 444 g/mol. The van der Waals surface area contributed by atoms with E-state index >= 15 is 0 Å². The molecule has 3 aromatic carbocycles. The highest BCUT2D eigenvalue weighted by atomic mass is 35.5. The summed E-state index contributed by atoms with van der Waals surface area (Å²) in [6.45, 7) is 2.04. The Morgan fingerprint density at radius 3 is 2.62 bits per heavy atom. The number of nitrogens with one attached hydrogen (secondary N) is 1. The fourth-order valence-corrected chi connectivity index (χ4v) is 5.16. The molecule has 0 saturated heterocycles. The number of hydrogen-bond donors (Lipinski definition) is 1. The van der Waals surface area contributed by atoms with Crippen LogP contribution in [-0.2, 0) is 15.8 Å². The lowest BCUT2D eigenvalue weighted by Gasteiger charge is -2.12. The van der Waals surface area contributed by atoms with Gasteiger partial charge in [0, 0.05) is 27.1 Å². The van der Waals surface area contributed by atoms with Crippen LogP contribution in [0.5, 0.6) is 0 Å². The quantitative estimate of drug-likeness (QED) is 0.346. The molecule has 4 aromatic rings. The van der Waals surface area contributed by atoms with Crippen molar-refractivity contribution in [3.63, 3.8) is 0 Å². The van der Waals surface area contributed by atoms with Crippen LogP contribution < -0.4 is 4.72 Å². The SMILES string of the molecule is Cc1cccc(CSc2ccc(Cl)cc2NS(=O)(=O)c2cc3ccccc3o2)c1. The van der Waals surface area contributed by atoms with Crippen molar-refractivity contribution in [2.24, 2.45) is 0 Å². The zero-order chi connectivity index (χ0) is 20.4. The number of aryl methyl sites for hydroxylation is 1. The second-order valence-electron chi connectivity index (χ2n) is 6.63. The summed E-state index contributed by atoms with van der Waals surface area (Å²) in [5, 5.41) is 1.05. The van der Waals surface area contributed by atoms with Crippen LogP contribution in [0, 0.1) is 6.92 Å². The fourth-order valence-electron chi connectivity index (χ4n) is 2.96. The fraction of sp³-hybridized carbons (Fsp3) is 0.0909. The van der Waals surface area contributed by atoms with Gasteiger partial charge in [0.25, 0.3) is 10.0 Å². The summed E-state index contributed by atoms with van der Waals surface area (Å²) < 4.78 is 33.9. The minimum atomic E-state index is -3.89. The molecule has 1 N–H and O–H groups in total. The van der Waals surface area contributed by atoms with E-state index in [1.807, 2.05) is 37.3 Å². The monoisotopic (exact) mass is 443 g/mol. The number of para-hydroxylation sites is 1. The first kappa shape index (κ1) is 19.9. The Kier molecular flexibility index (Phi) is 5.58. The maximum atomic E-state index is 12.9. The smallest absolute Gasteiger partial charge is 0.295 e. The molecule has 0 bridgehead atoms. The number of fused-ring (bicyclic) bond motifs is 1. The van der Waals surface area contributed by atoms with Crippen molar-refractivity contribution in [3.05, 3.63) is 88.9 Å². The number of hydrogen-bond acceptors (Lipinski definition) is 4. The molecule has 0 unspecified atom stereocenters. The maximum absolute atomic E-state index is 12.9. The van der Waals surface area contributed by atoms with Crippen molar-refractivity contribution >= 4 is 50.0 Å². The molecule has 4 nitrogen and oxygen atoms in total. The highest BCUT2D eigenvalue weighted by Gasteiger charge is 2.21. The summed E-state index contributed by atoms with van der Waals surface area (Å²) in [5.74, 6) is 0.711. The zero-order valence-corrected chi connectivity index (χ0v) is 17.9. The highest BCUT2D eigenvalue weighted by molar-refractivity contribution is 7.98. The molecule has 0 spiro atoms. The molecule has 0 radical (unpaired) electrons. The zero-order valence-electron chi connectivity index (χ0n) is 15.6. The summed E-state index contributed by atoms with van der Waals surface area (Å²) in [7, 11) is -3.89. The number of halogens is 1. The molecule has 0 aliphatic rings. The largest absolute Gasteiger partial charge is 0.443 e. The Balaban J connectivity index is 1.61. The molecule has 7 heteroatoms. The number of anilines is 1. The number of thioether (sulfide) groups is 1.